The van der Waals surface area contributed by atoms with E-state index >= 15 is 0 Å². The van der Waals surface area contributed by atoms with Gasteiger partial charge in [0.05, 0.1) is 16.8 Å². The molecule has 0 saturated heterocycles. The fraction of sp³-hybridized carbons (Fsp3) is 0.0667. The molecule has 0 fully saturated rings. The standard InChI is InChI=1S/C60H42N2/c1-59(2)52-31-16-14-28-47(52)50-29-18-30-51(57(50)59)56-38-55(61-58(62-56)39-19-6-3-7-20-39)49-36-35-43(44-25-12-13-26-45(44)49)40-33-34-48-46-27-15-17-32-53(46)60(54(48)37-40,41-21-8-4-9-22-41)42-23-10-5-11-24-42/h3-38H,1-2H3. The monoisotopic (exact) mass is 790 g/mol. The number of benzene rings is 9. The fourth-order valence-corrected chi connectivity index (χ4v) is 10.9. The zero-order chi connectivity index (χ0) is 41.4. The van der Waals surface area contributed by atoms with Crippen molar-refractivity contribution < 1.29 is 0 Å². The molecule has 0 unspecified atom stereocenters. The van der Waals surface area contributed by atoms with Crippen LogP contribution in [0.4, 0.5) is 0 Å². The predicted octanol–water partition coefficient (Wildman–Crippen LogP) is 15.0. The highest BCUT2D eigenvalue weighted by Gasteiger charge is 2.46. The van der Waals surface area contributed by atoms with Gasteiger partial charge in [0, 0.05) is 22.1 Å². The van der Waals surface area contributed by atoms with E-state index in [1.54, 1.807) is 0 Å². The molecule has 2 aliphatic carbocycles. The maximum absolute atomic E-state index is 5.37. The zero-order valence-corrected chi connectivity index (χ0v) is 34.7. The summed E-state index contributed by atoms with van der Waals surface area (Å²) in [7, 11) is 0. The first-order chi connectivity index (χ1) is 30.5. The summed E-state index contributed by atoms with van der Waals surface area (Å²) in [6, 6.07) is 79.7. The first kappa shape index (κ1) is 36.2. The summed E-state index contributed by atoms with van der Waals surface area (Å²) < 4.78 is 0. The maximum atomic E-state index is 5.37. The molecule has 2 aliphatic rings. The van der Waals surface area contributed by atoms with Gasteiger partial charge in [-0.2, -0.15) is 0 Å². The van der Waals surface area contributed by atoms with E-state index in [1.165, 1.54) is 72.1 Å². The number of aromatic nitrogens is 2. The predicted molar refractivity (Wildman–Crippen MR) is 256 cm³/mol. The molecule has 10 aromatic rings. The van der Waals surface area contributed by atoms with E-state index < -0.39 is 5.41 Å². The quantitative estimate of drug-likeness (QED) is 0.168. The summed E-state index contributed by atoms with van der Waals surface area (Å²) in [6.07, 6.45) is 0. The van der Waals surface area contributed by atoms with Gasteiger partial charge in [-0.1, -0.05) is 220 Å². The van der Waals surface area contributed by atoms with Gasteiger partial charge in [-0.3, -0.25) is 0 Å². The summed E-state index contributed by atoms with van der Waals surface area (Å²) in [5.41, 5.74) is 19.7. The lowest BCUT2D eigenvalue weighted by Crippen LogP contribution is -2.28. The van der Waals surface area contributed by atoms with Crippen molar-refractivity contribution in [1.29, 1.82) is 0 Å². The molecule has 0 saturated carbocycles. The van der Waals surface area contributed by atoms with Crippen LogP contribution >= 0.6 is 0 Å². The molecule has 1 heterocycles. The van der Waals surface area contributed by atoms with Crippen molar-refractivity contribution in [2.45, 2.75) is 24.7 Å². The summed E-state index contributed by atoms with van der Waals surface area (Å²) in [5, 5.41) is 2.34. The molecule has 9 aromatic carbocycles. The molecule has 0 N–H and O–H groups in total. The van der Waals surface area contributed by atoms with Crippen molar-refractivity contribution in [2.24, 2.45) is 0 Å². The molecule has 62 heavy (non-hydrogen) atoms. The van der Waals surface area contributed by atoms with Crippen LogP contribution in [0.2, 0.25) is 0 Å². The minimum Gasteiger partial charge on any atom is -0.228 e. The van der Waals surface area contributed by atoms with Crippen LogP contribution in [0.15, 0.2) is 218 Å². The molecule has 0 spiro atoms. The highest BCUT2D eigenvalue weighted by atomic mass is 14.9. The van der Waals surface area contributed by atoms with Gasteiger partial charge in [-0.15, -0.1) is 0 Å². The molecule has 0 atom stereocenters. The van der Waals surface area contributed by atoms with Crippen molar-refractivity contribution >= 4 is 10.8 Å². The van der Waals surface area contributed by atoms with E-state index in [-0.39, 0.29) is 5.41 Å². The van der Waals surface area contributed by atoms with Crippen LogP contribution in [0, 0.1) is 0 Å². The third-order valence-corrected chi connectivity index (χ3v) is 13.6. The molecule has 0 radical (unpaired) electrons. The van der Waals surface area contributed by atoms with Crippen LogP contribution < -0.4 is 0 Å². The Kier molecular flexibility index (Phi) is 8.14. The minimum absolute atomic E-state index is 0.190. The summed E-state index contributed by atoms with van der Waals surface area (Å²) >= 11 is 0. The molecule has 2 heteroatoms. The van der Waals surface area contributed by atoms with Gasteiger partial charge in [0.1, 0.15) is 0 Å². The number of fused-ring (bicyclic) bond motifs is 7. The Labute approximate surface area is 362 Å². The highest BCUT2D eigenvalue weighted by Crippen LogP contribution is 2.57. The van der Waals surface area contributed by atoms with Crippen LogP contribution in [0.1, 0.15) is 47.2 Å². The molecular weight excluding hydrogens is 749 g/mol. The van der Waals surface area contributed by atoms with Crippen LogP contribution in [0.3, 0.4) is 0 Å². The van der Waals surface area contributed by atoms with Gasteiger partial charge in [-0.05, 0) is 89.7 Å². The average molecular weight is 791 g/mol. The second-order valence-electron chi connectivity index (χ2n) is 17.2. The van der Waals surface area contributed by atoms with E-state index in [9.17, 15) is 0 Å². The Balaban J connectivity index is 1.06. The van der Waals surface area contributed by atoms with Gasteiger partial charge in [0.2, 0.25) is 0 Å². The molecule has 1 aromatic heterocycles. The second kappa shape index (κ2) is 13.9. The number of hydrogen-bond donors (Lipinski definition) is 0. The van der Waals surface area contributed by atoms with Crippen LogP contribution in [-0.2, 0) is 10.8 Å². The third kappa shape index (κ3) is 5.29. The van der Waals surface area contributed by atoms with Crippen molar-refractivity contribution in [2.75, 3.05) is 0 Å². The Morgan fingerprint density at radius 1 is 0.323 bits per heavy atom. The lowest BCUT2D eigenvalue weighted by Gasteiger charge is -2.34. The van der Waals surface area contributed by atoms with E-state index in [2.05, 4.69) is 226 Å². The Morgan fingerprint density at radius 3 is 1.50 bits per heavy atom. The summed E-state index contributed by atoms with van der Waals surface area (Å²) in [5.74, 6) is 0.716. The average Bonchev–Trinajstić information content (AvgIpc) is 3.77. The van der Waals surface area contributed by atoms with Crippen LogP contribution in [0.25, 0.3) is 78.1 Å². The number of hydrogen-bond acceptors (Lipinski definition) is 2. The first-order valence-electron chi connectivity index (χ1n) is 21.6. The van der Waals surface area contributed by atoms with E-state index in [4.69, 9.17) is 9.97 Å². The lowest BCUT2D eigenvalue weighted by atomic mass is 9.67. The van der Waals surface area contributed by atoms with Crippen molar-refractivity contribution in [3.8, 4) is 67.3 Å². The number of nitrogens with zero attached hydrogens (tertiary/aromatic N) is 2. The zero-order valence-electron chi connectivity index (χ0n) is 34.7. The lowest BCUT2D eigenvalue weighted by molar-refractivity contribution is 0.662. The number of rotatable bonds is 6. The van der Waals surface area contributed by atoms with Gasteiger partial charge < -0.3 is 0 Å². The Bertz CT molecular complexity index is 3330. The second-order valence-corrected chi connectivity index (χ2v) is 17.2. The minimum atomic E-state index is -0.473. The summed E-state index contributed by atoms with van der Waals surface area (Å²) in [4.78, 5) is 10.7. The molecule has 2 nitrogen and oxygen atoms in total. The normalized spacial score (nSPS) is 13.9. The van der Waals surface area contributed by atoms with E-state index in [0.717, 1.165) is 33.5 Å². The SMILES string of the molecule is CC1(C)c2ccccc2-c2cccc(-c3cc(-c4ccc(-c5ccc6c(c5)C(c5ccccc5)(c5ccccc5)c5ccccc5-6)c5ccccc45)nc(-c4ccccc4)n3)c21. The van der Waals surface area contributed by atoms with E-state index in [1.807, 2.05) is 6.07 Å². The van der Waals surface area contributed by atoms with E-state index in [0.29, 0.717) is 5.82 Å². The van der Waals surface area contributed by atoms with Crippen LogP contribution in [0.5, 0.6) is 0 Å². The van der Waals surface area contributed by atoms with Gasteiger partial charge in [0.25, 0.3) is 0 Å². The molecule has 0 aliphatic heterocycles. The Hall–Kier alpha value is -7.68. The van der Waals surface area contributed by atoms with Gasteiger partial charge >= 0.3 is 0 Å². The largest absolute Gasteiger partial charge is 0.228 e. The van der Waals surface area contributed by atoms with Crippen molar-refractivity contribution in [1.82, 2.24) is 9.97 Å². The third-order valence-electron chi connectivity index (χ3n) is 13.6. The first-order valence-corrected chi connectivity index (χ1v) is 21.6. The smallest absolute Gasteiger partial charge is 0.160 e. The van der Waals surface area contributed by atoms with Gasteiger partial charge in [0.15, 0.2) is 5.82 Å². The maximum Gasteiger partial charge on any atom is 0.160 e. The summed E-state index contributed by atoms with van der Waals surface area (Å²) in [6.45, 7) is 4.68. The fourth-order valence-electron chi connectivity index (χ4n) is 10.9. The molecule has 0 bridgehead atoms. The van der Waals surface area contributed by atoms with Crippen molar-refractivity contribution in [3.05, 3.63) is 252 Å². The Morgan fingerprint density at radius 2 is 0.806 bits per heavy atom. The topological polar surface area (TPSA) is 25.8 Å². The molecule has 12 rings (SSSR count). The van der Waals surface area contributed by atoms with Crippen molar-refractivity contribution in [3.63, 3.8) is 0 Å². The molecular formula is C60H42N2. The molecule has 292 valence electrons. The van der Waals surface area contributed by atoms with Crippen LogP contribution in [-0.4, -0.2) is 9.97 Å². The van der Waals surface area contributed by atoms with Gasteiger partial charge in [-0.25, -0.2) is 9.97 Å². The highest BCUT2D eigenvalue weighted by molar-refractivity contribution is 6.05. The molecule has 0 amide bonds.